The second kappa shape index (κ2) is 5.48. The number of halogens is 3. The first kappa shape index (κ1) is 13.0. The molecule has 0 aliphatic heterocycles. The fourth-order valence-corrected chi connectivity index (χ4v) is 2.01. The van der Waals surface area contributed by atoms with Gasteiger partial charge in [0.05, 0.1) is 4.47 Å². The van der Waals surface area contributed by atoms with Gasteiger partial charge >= 0.3 is 0 Å². The second-order valence-corrected chi connectivity index (χ2v) is 4.92. The van der Waals surface area contributed by atoms with Gasteiger partial charge in [0.2, 0.25) is 0 Å². The molecule has 0 amide bonds. The van der Waals surface area contributed by atoms with E-state index in [2.05, 4.69) is 21.2 Å². The Morgan fingerprint density at radius 3 is 2.44 bits per heavy atom. The highest BCUT2D eigenvalue weighted by Gasteiger charge is 2.02. The van der Waals surface area contributed by atoms with Crippen LogP contribution in [-0.4, -0.2) is 0 Å². The molecule has 0 aromatic heterocycles. The summed E-state index contributed by atoms with van der Waals surface area (Å²) in [5, 5.41) is 3.16. The molecule has 0 heterocycles. The van der Waals surface area contributed by atoms with Crippen molar-refractivity contribution in [3.63, 3.8) is 0 Å². The monoisotopic (exact) mass is 311 g/mol. The molecule has 0 aliphatic carbocycles. The Morgan fingerprint density at radius 1 is 1.06 bits per heavy atom. The summed E-state index contributed by atoms with van der Waals surface area (Å²) in [4.78, 5) is 0. The molecule has 0 bridgehead atoms. The number of hydrogen-bond acceptors (Lipinski definition) is 1. The van der Waals surface area contributed by atoms with Crippen LogP contribution in [0.3, 0.4) is 0 Å². The first-order valence-electron chi connectivity index (χ1n) is 5.50. The van der Waals surface area contributed by atoms with Crippen molar-refractivity contribution in [2.75, 3.05) is 5.32 Å². The molecule has 2 aromatic carbocycles. The molecular weight excluding hydrogens is 300 g/mol. The van der Waals surface area contributed by atoms with E-state index in [-0.39, 0.29) is 11.6 Å². The van der Waals surface area contributed by atoms with Crippen molar-refractivity contribution in [3.8, 4) is 0 Å². The van der Waals surface area contributed by atoms with E-state index in [1.165, 1.54) is 12.1 Å². The Hall–Kier alpha value is -1.42. The van der Waals surface area contributed by atoms with Gasteiger partial charge in [0.25, 0.3) is 0 Å². The van der Waals surface area contributed by atoms with Crippen molar-refractivity contribution >= 4 is 21.6 Å². The molecular formula is C14H12BrF2N. The summed E-state index contributed by atoms with van der Waals surface area (Å²) in [7, 11) is 0. The van der Waals surface area contributed by atoms with Crippen LogP contribution >= 0.6 is 15.9 Å². The average molecular weight is 312 g/mol. The van der Waals surface area contributed by atoms with Crippen molar-refractivity contribution in [3.05, 3.63) is 63.6 Å². The van der Waals surface area contributed by atoms with Gasteiger partial charge in [0.1, 0.15) is 11.6 Å². The Labute approximate surface area is 113 Å². The van der Waals surface area contributed by atoms with Crippen LogP contribution in [0, 0.1) is 18.6 Å². The van der Waals surface area contributed by atoms with E-state index in [0.717, 1.165) is 11.3 Å². The minimum Gasteiger partial charge on any atom is -0.381 e. The van der Waals surface area contributed by atoms with Crippen molar-refractivity contribution in [1.29, 1.82) is 0 Å². The molecule has 0 atom stereocenters. The van der Waals surface area contributed by atoms with Gasteiger partial charge in [-0.3, -0.25) is 0 Å². The topological polar surface area (TPSA) is 12.0 Å². The number of benzene rings is 2. The van der Waals surface area contributed by atoms with Crippen molar-refractivity contribution in [2.45, 2.75) is 13.5 Å². The van der Waals surface area contributed by atoms with Gasteiger partial charge < -0.3 is 5.32 Å². The van der Waals surface area contributed by atoms with Gasteiger partial charge in [-0.25, -0.2) is 8.78 Å². The van der Waals surface area contributed by atoms with Crippen LogP contribution in [0.4, 0.5) is 14.5 Å². The van der Waals surface area contributed by atoms with E-state index >= 15 is 0 Å². The second-order valence-electron chi connectivity index (χ2n) is 4.07. The van der Waals surface area contributed by atoms with Crippen LogP contribution in [0.25, 0.3) is 0 Å². The predicted octanol–water partition coefficient (Wildman–Crippen LogP) is 4.65. The summed E-state index contributed by atoms with van der Waals surface area (Å²) in [6, 6.07) is 9.70. The summed E-state index contributed by atoms with van der Waals surface area (Å²) in [6.07, 6.45) is 0. The Morgan fingerprint density at radius 2 is 1.78 bits per heavy atom. The van der Waals surface area contributed by atoms with E-state index in [9.17, 15) is 8.78 Å². The largest absolute Gasteiger partial charge is 0.381 e. The lowest BCUT2D eigenvalue weighted by Gasteiger charge is -2.08. The summed E-state index contributed by atoms with van der Waals surface area (Å²) in [5.41, 5.74) is 2.41. The molecule has 0 radical (unpaired) electrons. The maximum atomic E-state index is 13.1. The Balaban J connectivity index is 2.06. The molecule has 2 rings (SSSR count). The molecule has 18 heavy (non-hydrogen) atoms. The molecule has 0 spiro atoms. The quantitative estimate of drug-likeness (QED) is 0.870. The predicted molar refractivity (Wildman–Crippen MR) is 72.6 cm³/mol. The summed E-state index contributed by atoms with van der Waals surface area (Å²) < 4.78 is 26.6. The average Bonchev–Trinajstić information content (AvgIpc) is 2.35. The third kappa shape index (κ3) is 3.07. The van der Waals surface area contributed by atoms with E-state index in [1.807, 2.05) is 0 Å². The van der Waals surface area contributed by atoms with Crippen LogP contribution < -0.4 is 5.32 Å². The normalized spacial score (nSPS) is 10.4. The van der Waals surface area contributed by atoms with Crippen molar-refractivity contribution < 1.29 is 8.78 Å². The minimum absolute atomic E-state index is 0.205. The lowest BCUT2D eigenvalue weighted by molar-refractivity contribution is 0.617. The molecule has 1 nitrogen and oxygen atoms in total. The third-order valence-corrected chi connectivity index (χ3v) is 3.25. The maximum Gasteiger partial charge on any atom is 0.137 e. The highest BCUT2D eigenvalue weighted by atomic mass is 79.9. The van der Waals surface area contributed by atoms with Gasteiger partial charge in [-0.05, 0) is 58.2 Å². The molecule has 2 aromatic rings. The zero-order valence-electron chi connectivity index (χ0n) is 9.81. The zero-order chi connectivity index (χ0) is 13.1. The molecule has 0 aliphatic rings. The fraction of sp³-hybridized carbons (Fsp3) is 0.143. The van der Waals surface area contributed by atoms with Gasteiger partial charge in [-0.2, -0.15) is 0 Å². The maximum absolute atomic E-state index is 13.1. The standard InChI is InChI=1S/C14H12BrF2N/c1-9-6-10(2-4-13(9)16)8-18-11-3-5-14(17)12(15)7-11/h2-7,18H,8H2,1H3. The molecule has 0 saturated carbocycles. The zero-order valence-corrected chi connectivity index (χ0v) is 11.4. The highest BCUT2D eigenvalue weighted by Crippen LogP contribution is 2.20. The molecule has 0 unspecified atom stereocenters. The number of hydrogen-bond donors (Lipinski definition) is 1. The Kier molecular flexibility index (Phi) is 3.97. The molecule has 1 N–H and O–H groups in total. The smallest absolute Gasteiger partial charge is 0.137 e. The lowest BCUT2D eigenvalue weighted by atomic mass is 10.1. The first-order chi connectivity index (χ1) is 8.56. The molecule has 4 heteroatoms. The number of rotatable bonds is 3. The first-order valence-corrected chi connectivity index (χ1v) is 6.29. The van der Waals surface area contributed by atoms with E-state index < -0.39 is 0 Å². The SMILES string of the molecule is Cc1cc(CNc2ccc(F)c(Br)c2)ccc1F. The number of aryl methyl sites for hydroxylation is 1. The number of anilines is 1. The third-order valence-electron chi connectivity index (χ3n) is 2.64. The van der Waals surface area contributed by atoms with Crippen LogP contribution in [0.1, 0.15) is 11.1 Å². The van der Waals surface area contributed by atoms with Crippen LogP contribution in [0.2, 0.25) is 0 Å². The Bertz CT molecular complexity index is 518. The molecule has 94 valence electrons. The van der Waals surface area contributed by atoms with Crippen LogP contribution in [0.15, 0.2) is 40.9 Å². The van der Waals surface area contributed by atoms with Gasteiger partial charge in [-0.15, -0.1) is 0 Å². The summed E-state index contributed by atoms with van der Waals surface area (Å²) in [6.45, 7) is 2.30. The fourth-order valence-electron chi connectivity index (χ4n) is 1.63. The lowest BCUT2D eigenvalue weighted by Crippen LogP contribution is -2.00. The molecule has 0 saturated heterocycles. The van der Waals surface area contributed by atoms with E-state index in [4.69, 9.17) is 0 Å². The van der Waals surface area contributed by atoms with Crippen molar-refractivity contribution in [2.24, 2.45) is 0 Å². The van der Waals surface area contributed by atoms with Gasteiger partial charge in [-0.1, -0.05) is 12.1 Å². The minimum atomic E-state index is -0.293. The summed E-state index contributed by atoms with van der Waals surface area (Å²) >= 11 is 3.13. The highest BCUT2D eigenvalue weighted by molar-refractivity contribution is 9.10. The van der Waals surface area contributed by atoms with E-state index in [1.54, 1.807) is 31.2 Å². The number of nitrogens with one attached hydrogen (secondary N) is 1. The summed E-state index contributed by atoms with van der Waals surface area (Å²) in [5.74, 6) is -0.499. The van der Waals surface area contributed by atoms with Crippen molar-refractivity contribution in [1.82, 2.24) is 0 Å². The van der Waals surface area contributed by atoms with Gasteiger partial charge in [0, 0.05) is 12.2 Å². The molecule has 0 fully saturated rings. The van der Waals surface area contributed by atoms with Crippen LogP contribution in [-0.2, 0) is 6.54 Å². The van der Waals surface area contributed by atoms with Crippen LogP contribution in [0.5, 0.6) is 0 Å². The van der Waals surface area contributed by atoms with E-state index in [0.29, 0.717) is 16.6 Å². The van der Waals surface area contributed by atoms with Gasteiger partial charge in [0.15, 0.2) is 0 Å².